The third-order valence-corrected chi connectivity index (χ3v) is 6.52. The Balaban J connectivity index is 1.71. The maximum Gasteiger partial charge on any atom is 0.287 e. The number of carbonyl (C=O) groups is 3. The Morgan fingerprint density at radius 1 is 0.975 bits per heavy atom. The van der Waals surface area contributed by atoms with Gasteiger partial charge in [0.1, 0.15) is 11.8 Å². The fourth-order valence-corrected chi connectivity index (χ4v) is 4.47. The molecule has 2 atom stereocenters. The highest BCUT2D eigenvalue weighted by Crippen LogP contribution is 2.35. The molecule has 1 aromatic heterocycles. The number of carbonyl (C=O) groups excluding carboxylic acids is 3. The molecular weight excluding hydrogens is 518 g/mol. The zero-order valence-corrected chi connectivity index (χ0v) is 22.7. The third-order valence-electron chi connectivity index (χ3n) is 6.52. The summed E-state index contributed by atoms with van der Waals surface area (Å²) in [6.45, 7) is 0.544. The van der Waals surface area contributed by atoms with E-state index < -0.39 is 30.3 Å². The fourth-order valence-electron chi connectivity index (χ4n) is 4.47. The summed E-state index contributed by atoms with van der Waals surface area (Å²) < 4.78 is 26.9. The van der Waals surface area contributed by atoms with E-state index in [4.69, 9.17) is 23.4 Å². The van der Waals surface area contributed by atoms with Crippen molar-refractivity contribution in [2.24, 2.45) is 0 Å². The van der Waals surface area contributed by atoms with Crippen molar-refractivity contribution in [1.29, 1.82) is 0 Å². The quantitative estimate of drug-likeness (QED) is 0.352. The van der Waals surface area contributed by atoms with Crippen LogP contribution in [0.15, 0.2) is 65.3 Å². The molecule has 212 valence electrons. The van der Waals surface area contributed by atoms with Gasteiger partial charge >= 0.3 is 0 Å². The highest BCUT2D eigenvalue weighted by atomic mass is 16.5. The second-order valence-corrected chi connectivity index (χ2v) is 9.02. The number of benzene rings is 2. The predicted molar refractivity (Wildman–Crippen MR) is 146 cm³/mol. The van der Waals surface area contributed by atoms with Crippen LogP contribution in [0.25, 0.3) is 0 Å². The number of hydrogen-bond donors (Lipinski definition) is 2. The topological polar surface area (TPSA) is 129 Å². The largest absolute Gasteiger partial charge is 0.497 e. The Morgan fingerprint density at radius 3 is 2.38 bits per heavy atom. The van der Waals surface area contributed by atoms with Crippen LogP contribution in [0.5, 0.6) is 17.2 Å². The molecule has 1 aliphatic rings. The predicted octanol–water partition coefficient (Wildman–Crippen LogP) is 3.10. The van der Waals surface area contributed by atoms with E-state index in [0.717, 1.165) is 12.8 Å². The van der Waals surface area contributed by atoms with Crippen LogP contribution in [-0.2, 0) is 14.3 Å². The zero-order valence-electron chi connectivity index (χ0n) is 22.7. The molecule has 40 heavy (non-hydrogen) atoms. The zero-order chi connectivity index (χ0) is 28.5. The van der Waals surface area contributed by atoms with Crippen LogP contribution >= 0.6 is 0 Å². The van der Waals surface area contributed by atoms with Gasteiger partial charge in [-0.2, -0.15) is 0 Å². The van der Waals surface area contributed by atoms with Crippen molar-refractivity contribution in [3.05, 3.63) is 72.2 Å². The van der Waals surface area contributed by atoms with Gasteiger partial charge in [-0.05, 0) is 66.9 Å². The van der Waals surface area contributed by atoms with E-state index in [-0.39, 0.29) is 11.9 Å². The summed E-state index contributed by atoms with van der Waals surface area (Å²) in [7, 11) is 4.54. The molecule has 2 heterocycles. The molecule has 11 nitrogen and oxygen atoms in total. The minimum absolute atomic E-state index is 0.0644. The van der Waals surface area contributed by atoms with Crippen LogP contribution in [0.2, 0.25) is 0 Å². The summed E-state index contributed by atoms with van der Waals surface area (Å²) in [6.07, 6.45) is 3.02. The number of amides is 3. The molecule has 11 heteroatoms. The lowest BCUT2D eigenvalue weighted by molar-refractivity contribution is -0.126. The molecule has 0 bridgehead atoms. The van der Waals surface area contributed by atoms with Gasteiger partial charge in [0.25, 0.3) is 5.91 Å². The Morgan fingerprint density at radius 2 is 1.75 bits per heavy atom. The molecule has 1 fully saturated rings. The standard InChI is InChI=1S/C29H33N3O8/c1-36-21-11-9-20(10-12-21)32(26(33)18-31-28(34)24-7-5-15-40-24)27(29(35)30-17-22-6-4-14-39-22)19-8-13-23(37-2)25(16-19)38-3/h5,7-13,15-16,22,27H,4,6,14,17-18H2,1-3H3,(H,30,35)(H,31,34)/t22-,27-/m0/s1. The Labute approximate surface area is 232 Å². The molecular formula is C29H33N3O8. The van der Waals surface area contributed by atoms with Crippen LogP contribution in [-0.4, -0.2) is 64.9 Å². The molecule has 2 aromatic carbocycles. The smallest absolute Gasteiger partial charge is 0.287 e. The molecule has 2 N–H and O–H groups in total. The van der Waals surface area contributed by atoms with E-state index >= 15 is 0 Å². The van der Waals surface area contributed by atoms with E-state index in [1.807, 2.05) is 0 Å². The maximum atomic E-state index is 13.9. The van der Waals surface area contributed by atoms with Gasteiger partial charge in [-0.15, -0.1) is 0 Å². The first-order chi connectivity index (χ1) is 19.4. The molecule has 1 aliphatic heterocycles. The molecule has 0 spiro atoms. The lowest BCUT2D eigenvalue weighted by Crippen LogP contribution is -2.48. The molecule has 4 rings (SSSR count). The second kappa shape index (κ2) is 13.5. The first-order valence-corrected chi connectivity index (χ1v) is 12.8. The van der Waals surface area contributed by atoms with Crippen molar-refractivity contribution in [3.8, 4) is 17.2 Å². The average Bonchev–Trinajstić information content (AvgIpc) is 3.72. The number of nitrogens with zero attached hydrogens (tertiary/aromatic N) is 1. The van der Waals surface area contributed by atoms with Gasteiger partial charge in [-0.3, -0.25) is 19.3 Å². The van der Waals surface area contributed by atoms with Crippen LogP contribution in [0.3, 0.4) is 0 Å². The number of hydrogen-bond acceptors (Lipinski definition) is 8. The van der Waals surface area contributed by atoms with Crippen molar-refractivity contribution >= 4 is 23.4 Å². The van der Waals surface area contributed by atoms with Crippen molar-refractivity contribution in [1.82, 2.24) is 10.6 Å². The lowest BCUT2D eigenvalue weighted by atomic mass is 10.0. The van der Waals surface area contributed by atoms with Gasteiger partial charge in [-0.1, -0.05) is 6.07 Å². The summed E-state index contributed by atoms with van der Waals surface area (Å²) in [4.78, 5) is 41.5. The molecule has 0 radical (unpaired) electrons. The van der Waals surface area contributed by atoms with E-state index in [1.54, 1.807) is 48.5 Å². The number of ether oxygens (including phenoxy) is 4. The molecule has 0 saturated carbocycles. The van der Waals surface area contributed by atoms with Crippen LogP contribution in [0, 0.1) is 0 Å². The second-order valence-electron chi connectivity index (χ2n) is 9.02. The summed E-state index contributed by atoms with van der Waals surface area (Å²) in [5.74, 6) is -0.00908. The number of methoxy groups -OCH3 is 3. The normalized spacial score (nSPS) is 15.1. The van der Waals surface area contributed by atoms with Gasteiger partial charge in [0.15, 0.2) is 17.3 Å². The Kier molecular flexibility index (Phi) is 9.63. The lowest BCUT2D eigenvalue weighted by Gasteiger charge is -2.32. The third kappa shape index (κ3) is 6.73. The van der Waals surface area contributed by atoms with Gasteiger partial charge < -0.3 is 34.0 Å². The molecule has 3 aromatic rings. The van der Waals surface area contributed by atoms with Gasteiger partial charge in [0, 0.05) is 18.8 Å². The van der Waals surface area contributed by atoms with Crippen LogP contribution in [0.4, 0.5) is 5.69 Å². The van der Waals surface area contributed by atoms with Crippen LogP contribution in [0.1, 0.15) is 35.0 Å². The summed E-state index contributed by atoms with van der Waals surface area (Å²) in [6, 6.07) is 13.7. The number of anilines is 1. The minimum Gasteiger partial charge on any atom is -0.497 e. The van der Waals surface area contributed by atoms with E-state index in [1.165, 1.54) is 38.6 Å². The Hall–Kier alpha value is -4.51. The summed E-state index contributed by atoms with van der Waals surface area (Å²) in [5.41, 5.74) is 0.897. The highest BCUT2D eigenvalue weighted by molar-refractivity contribution is 6.04. The van der Waals surface area contributed by atoms with E-state index in [9.17, 15) is 14.4 Å². The highest BCUT2D eigenvalue weighted by Gasteiger charge is 2.34. The summed E-state index contributed by atoms with van der Waals surface area (Å²) in [5, 5.41) is 5.52. The average molecular weight is 552 g/mol. The molecule has 3 amide bonds. The van der Waals surface area contributed by atoms with E-state index in [0.29, 0.717) is 41.7 Å². The number of furan rings is 1. The SMILES string of the molecule is COc1ccc(N(C(=O)CNC(=O)c2ccco2)[C@H](C(=O)NC[C@@H]2CCCO2)c2ccc(OC)c(OC)c2)cc1. The molecule has 1 saturated heterocycles. The first kappa shape index (κ1) is 28.5. The van der Waals surface area contributed by atoms with Crippen molar-refractivity contribution < 1.29 is 37.7 Å². The van der Waals surface area contributed by atoms with Crippen LogP contribution < -0.4 is 29.7 Å². The summed E-state index contributed by atoms with van der Waals surface area (Å²) >= 11 is 0. The van der Waals surface area contributed by atoms with Crippen molar-refractivity contribution in [2.45, 2.75) is 25.0 Å². The monoisotopic (exact) mass is 551 g/mol. The van der Waals surface area contributed by atoms with E-state index in [2.05, 4.69) is 10.6 Å². The maximum absolute atomic E-state index is 13.9. The first-order valence-electron chi connectivity index (χ1n) is 12.8. The van der Waals surface area contributed by atoms with Gasteiger partial charge in [-0.25, -0.2) is 0 Å². The molecule has 0 unspecified atom stereocenters. The number of nitrogens with one attached hydrogen (secondary N) is 2. The van der Waals surface area contributed by atoms with Gasteiger partial charge in [0.05, 0.1) is 40.2 Å². The van der Waals surface area contributed by atoms with Crippen molar-refractivity contribution in [3.63, 3.8) is 0 Å². The minimum atomic E-state index is -1.12. The van der Waals surface area contributed by atoms with Crippen molar-refractivity contribution in [2.75, 3.05) is 45.9 Å². The molecule has 0 aliphatic carbocycles. The Bertz CT molecular complexity index is 1290. The number of rotatable bonds is 12. The van der Waals surface area contributed by atoms with Gasteiger partial charge in [0.2, 0.25) is 11.8 Å². The fraction of sp³-hybridized carbons (Fsp3) is 0.345.